The highest BCUT2D eigenvalue weighted by molar-refractivity contribution is 5.94. The van der Waals surface area contributed by atoms with Crippen molar-refractivity contribution < 1.29 is 23.8 Å². The summed E-state index contributed by atoms with van der Waals surface area (Å²) in [5, 5.41) is 6.25. The van der Waals surface area contributed by atoms with Gasteiger partial charge in [-0.1, -0.05) is 30.3 Å². The summed E-state index contributed by atoms with van der Waals surface area (Å²) in [5.41, 5.74) is 2.84. The van der Waals surface area contributed by atoms with E-state index in [0.717, 1.165) is 16.8 Å². The zero-order chi connectivity index (χ0) is 20.1. The van der Waals surface area contributed by atoms with Crippen LogP contribution in [0.1, 0.15) is 40.9 Å². The van der Waals surface area contributed by atoms with E-state index in [1.165, 1.54) is 14.2 Å². The zero-order valence-electron chi connectivity index (χ0n) is 16.2. The number of ether oxygens (including phenoxy) is 3. The van der Waals surface area contributed by atoms with Crippen molar-refractivity contribution in [2.75, 3.05) is 19.5 Å². The number of nitrogens with one attached hydrogen (secondary N) is 2. The second kappa shape index (κ2) is 8.65. The van der Waals surface area contributed by atoms with Gasteiger partial charge >= 0.3 is 12.1 Å². The zero-order valence-corrected chi connectivity index (χ0v) is 16.2. The van der Waals surface area contributed by atoms with Crippen LogP contribution in [0.25, 0.3) is 0 Å². The summed E-state index contributed by atoms with van der Waals surface area (Å²) in [6.45, 7) is 2.21. The molecular formula is C21H24N2O5. The maximum atomic E-state index is 12.3. The van der Waals surface area contributed by atoms with Crippen molar-refractivity contribution in [2.24, 2.45) is 0 Å². The number of fused-ring (bicyclic) bond motifs is 1. The normalized spacial score (nSPS) is 17.7. The molecule has 1 aliphatic rings. The molecule has 0 radical (unpaired) electrons. The summed E-state index contributed by atoms with van der Waals surface area (Å²) in [6, 6.07) is 12.8. The summed E-state index contributed by atoms with van der Waals surface area (Å²) in [7, 11) is 2.81. The van der Waals surface area contributed by atoms with Crippen LogP contribution in [0.15, 0.2) is 42.5 Å². The van der Waals surface area contributed by atoms with Crippen molar-refractivity contribution in [3.63, 3.8) is 0 Å². The smallest absolute Gasteiger partial charge is 0.407 e. The Morgan fingerprint density at radius 3 is 2.61 bits per heavy atom. The number of amides is 1. The molecule has 0 saturated carbocycles. The lowest BCUT2D eigenvalue weighted by Gasteiger charge is -2.32. The Bertz CT molecular complexity index is 853. The van der Waals surface area contributed by atoms with E-state index in [2.05, 4.69) is 10.6 Å². The molecule has 0 saturated heterocycles. The fourth-order valence-electron chi connectivity index (χ4n) is 3.30. The SMILES string of the molecule is COC(=O)c1cc2c(cc1OC)[C@@H](NC(=O)OCc1ccccc1)C[C@@H](C)N2. The number of rotatable bonds is 5. The molecule has 0 fully saturated rings. The Morgan fingerprint density at radius 2 is 1.93 bits per heavy atom. The van der Waals surface area contributed by atoms with Crippen LogP contribution in [0.3, 0.4) is 0 Å². The van der Waals surface area contributed by atoms with E-state index in [1.807, 2.05) is 37.3 Å². The van der Waals surface area contributed by atoms with E-state index < -0.39 is 12.1 Å². The number of hydrogen-bond acceptors (Lipinski definition) is 6. The van der Waals surface area contributed by atoms with Crippen LogP contribution in [0.4, 0.5) is 10.5 Å². The third kappa shape index (κ3) is 4.36. The van der Waals surface area contributed by atoms with Gasteiger partial charge in [0, 0.05) is 17.3 Å². The molecule has 1 heterocycles. The van der Waals surface area contributed by atoms with Gasteiger partial charge in [-0.2, -0.15) is 0 Å². The Balaban J connectivity index is 1.78. The van der Waals surface area contributed by atoms with Crippen LogP contribution in [0.5, 0.6) is 5.75 Å². The van der Waals surface area contributed by atoms with Gasteiger partial charge in [0.15, 0.2) is 0 Å². The quantitative estimate of drug-likeness (QED) is 0.766. The van der Waals surface area contributed by atoms with Crippen LogP contribution in [0.2, 0.25) is 0 Å². The van der Waals surface area contributed by atoms with Gasteiger partial charge in [-0.3, -0.25) is 0 Å². The first kappa shape index (κ1) is 19.5. The number of carbonyl (C=O) groups is 2. The van der Waals surface area contributed by atoms with Crippen LogP contribution in [-0.2, 0) is 16.1 Å². The molecule has 1 amide bonds. The highest BCUT2D eigenvalue weighted by Crippen LogP contribution is 2.37. The first-order chi connectivity index (χ1) is 13.5. The van der Waals surface area contributed by atoms with Crippen molar-refractivity contribution >= 4 is 17.7 Å². The average molecular weight is 384 g/mol. The third-order valence-electron chi connectivity index (χ3n) is 4.65. The minimum Gasteiger partial charge on any atom is -0.496 e. The molecule has 148 valence electrons. The number of anilines is 1. The maximum absolute atomic E-state index is 12.3. The van der Waals surface area contributed by atoms with E-state index in [1.54, 1.807) is 12.1 Å². The molecule has 0 unspecified atom stereocenters. The topological polar surface area (TPSA) is 85.9 Å². The number of methoxy groups -OCH3 is 2. The number of hydrogen-bond donors (Lipinski definition) is 2. The fraction of sp³-hybridized carbons (Fsp3) is 0.333. The lowest BCUT2D eigenvalue weighted by Crippen LogP contribution is -2.36. The van der Waals surface area contributed by atoms with Crippen LogP contribution in [0, 0.1) is 0 Å². The average Bonchev–Trinajstić information content (AvgIpc) is 2.71. The molecule has 0 aliphatic carbocycles. The molecule has 2 N–H and O–H groups in total. The first-order valence-corrected chi connectivity index (χ1v) is 9.05. The molecule has 7 heteroatoms. The van der Waals surface area contributed by atoms with Gasteiger partial charge < -0.3 is 24.8 Å². The van der Waals surface area contributed by atoms with Crippen molar-refractivity contribution in [3.8, 4) is 5.75 Å². The largest absolute Gasteiger partial charge is 0.496 e. The highest BCUT2D eigenvalue weighted by atomic mass is 16.5. The maximum Gasteiger partial charge on any atom is 0.407 e. The Hall–Kier alpha value is -3.22. The molecule has 2 aromatic carbocycles. The van der Waals surface area contributed by atoms with Gasteiger partial charge in [0.05, 0.1) is 20.3 Å². The molecular weight excluding hydrogens is 360 g/mol. The molecule has 0 aromatic heterocycles. The predicted molar refractivity (Wildman–Crippen MR) is 105 cm³/mol. The third-order valence-corrected chi connectivity index (χ3v) is 4.65. The lowest BCUT2D eigenvalue weighted by molar-refractivity contribution is 0.0597. The van der Waals surface area contributed by atoms with Gasteiger partial charge in [-0.25, -0.2) is 9.59 Å². The van der Waals surface area contributed by atoms with Crippen LogP contribution < -0.4 is 15.4 Å². The summed E-state index contributed by atoms with van der Waals surface area (Å²) in [4.78, 5) is 24.3. The highest BCUT2D eigenvalue weighted by Gasteiger charge is 2.29. The fourth-order valence-corrected chi connectivity index (χ4v) is 3.30. The molecule has 0 spiro atoms. The molecule has 0 bridgehead atoms. The van der Waals surface area contributed by atoms with E-state index in [4.69, 9.17) is 14.2 Å². The molecule has 3 rings (SSSR count). The predicted octanol–water partition coefficient (Wildman–Crippen LogP) is 3.65. The number of carbonyl (C=O) groups excluding carboxylic acids is 2. The number of esters is 1. The molecule has 2 atom stereocenters. The van der Waals surface area contributed by atoms with Crippen LogP contribution >= 0.6 is 0 Å². The second-order valence-electron chi connectivity index (χ2n) is 6.67. The van der Waals surface area contributed by atoms with Crippen molar-refractivity contribution in [1.29, 1.82) is 0 Å². The standard InChI is InChI=1S/C21H24N2O5/c1-13-9-17(23-21(25)28-12-14-7-5-4-6-8-14)15-11-19(26-2)16(20(24)27-3)10-18(15)22-13/h4-8,10-11,13,17,22H,9,12H2,1-3H3,(H,23,25)/t13-,17+/m1/s1. The molecule has 28 heavy (non-hydrogen) atoms. The number of benzene rings is 2. The molecule has 1 aliphatic heterocycles. The van der Waals surface area contributed by atoms with Crippen molar-refractivity contribution in [3.05, 3.63) is 59.2 Å². The number of alkyl carbamates (subject to hydrolysis) is 1. The van der Waals surface area contributed by atoms with Crippen LogP contribution in [-0.4, -0.2) is 32.3 Å². The van der Waals surface area contributed by atoms with Gasteiger partial charge in [-0.05, 0) is 31.0 Å². The monoisotopic (exact) mass is 384 g/mol. The summed E-state index contributed by atoms with van der Waals surface area (Å²) in [5.74, 6) is -0.0853. The second-order valence-corrected chi connectivity index (χ2v) is 6.67. The summed E-state index contributed by atoms with van der Waals surface area (Å²) >= 11 is 0. The Kier molecular flexibility index (Phi) is 6.03. The van der Waals surface area contributed by atoms with Crippen molar-refractivity contribution in [2.45, 2.75) is 32.0 Å². The molecule has 7 nitrogen and oxygen atoms in total. The minimum atomic E-state index is -0.495. The Labute approximate surface area is 164 Å². The lowest BCUT2D eigenvalue weighted by atomic mass is 9.92. The summed E-state index contributed by atoms with van der Waals surface area (Å²) in [6.07, 6.45) is 0.179. The van der Waals surface area contributed by atoms with E-state index in [0.29, 0.717) is 17.7 Å². The molecule has 2 aromatic rings. The Morgan fingerprint density at radius 1 is 1.18 bits per heavy atom. The van der Waals surface area contributed by atoms with E-state index in [9.17, 15) is 9.59 Å². The summed E-state index contributed by atoms with van der Waals surface area (Å²) < 4.78 is 15.5. The van der Waals surface area contributed by atoms with Gasteiger partial charge in [0.25, 0.3) is 0 Å². The van der Waals surface area contributed by atoms with Gasteiger partial charge in [0.1, 0.15) is 17.9 Å². The van der Waals surface area contributed by atoms with Gasteiger partial charge in [-0.15, -0.1) is 0 Å². The van der Waals surface area contributed by atoms with Gasteiger partial charge in [0.2, 0.25) is 0 Å². The van der Waals surface area contributed by atoms with E-state index in [-0.39, 0.29) is 18.7 Å². The van der Waals surface area contributed by atoms with Crippen molar-refractivity contribution in [1.82, 2.24) is 5.32 Å². The minimum absolute atomic E-state index is 0.103. The van der Waals surface area contributed by atoms with E-state index >= 15 is 0 Å². The first-order valence-electron chi connectivity index (χ1n) is 9.05.